The molecule has 1 aromatic rings. The highest BCUT2D eigenvalue weighted by molar-refractivity contribution is 5.88. The average molecular weight is 279 g/mol. The Labute approximate surface area is 118 Å². The maximum absolute atomic E-state index is 10.9. The number of aromatic nitrogens is 2. The summed E-state index contributed by atoms with van der Waals surface area (Å²) in [5.74, 6) is -0.598. The number of aryl methyl sites for hydroxylation is 1. The highest BCUT2D eigenvalue weighted by Gasteiger charge is 2.31. The molecule has 0 aromatic carbocycles. The molecule has 3 N–H and O–H groups in total. The van der Waals surface area contributed by atoms with E-state index in [9.17, 15) is 9.90 Å². The van der Waals surface area contributed by atoms with Crippen LogP contribution in [-0.4, -0.2) is 39.3 Å². The van der Waals surface area contributed by atoms with Gasteiger partial charge in [0.05, 0.1) is 17.9 Å². The van der Waals surface area contributed by atoms with Gasteiger partial charge in [0.15, 0.2) is 0 Å². The van der Waals surface area contributed by atoms with E-state index in [0.717, 1.165) is 25.7 Å². The topological polar surface area (TPSA) is 95.3 Å². The number of rotatable bonds is 5. The third kappa shape index (κ3) is 3.25. The van der Waals surface area contributed by atoms with Crippen LogP contribution in [0.4, 0.5) is 5.95 Å². The smallest absolute Gasteiger partial charge is 0.339 e. The number of aliphatic hydroxyl groups excluding tert-OH is 1. The van der Waals surface area contributed by atoms with Crippen molar-refractivity contribution in [1.29, 1.82) is 0 Å². The number of carboxylic acid groups (broad SMARTS) is 1. The molecule has 0 bridgehead atoms. The molecular weight excluding hydrogens is 258 g/mol. The van der Waals surface area contributed by atoms with Gasteiger partial charge in [-0.1, -0.05) is 19.3 Å². The molecule has 1 heterocycles. The predicted molar refractivity (Wildman–Crippen MR) is 74.8 cm³/mol. The van der Waals surface area contributed by atoms with Gasteiger partial charge in [0.2, 0.25) is 5.95 Å². The number of anilines is 1. The number of aliphatic hydroxyl groups is 1. The Morgan fingerprint density at radius 2 is 2.10 bits per heavy atom. The minimum atomic E-state index is -1.02. The molecule has 6 heteroatoms. The second-order valence-electron chi connectivity index (χ2n) is 5.57. The van der Waals surface area contributed by atoms with Crippen molar-refractivity contribution < 1.29 is 15.0 Å². The maximum Gasteiger partial charge on any atom is 0.339 e. The van der Waals surface area contributed by atoms with E-state index in [1.54, 1.807) is 6.92 Å². The lowest BCUT2D eigenvalue weighted by atomic mass is 9.74. The van der Waals surface area contributed by atoms with Crippen molar-refractivity contribution in [1.82, 2.24) is 9.97 Å². The fourth-order valence-corrected chi connectivity index (χ4v) is 2.72. The summed E-state index contributed by atoms with van der Waals surface area (Å²) >= 11 is 0. The number of carboxylic acids is 1. The molecule has 0 aliphatic heterocycles. The molecule has 1 fully saturated rings. The first-order valence-electron chi connectivity index (χ1n) is 6.98. The Balaban J connectivity index is 2.03. The molecule has 0 unspecified atom stereocenters. The normalized spacial score (nSPS) is 17.7. The zero-order chi connectivity index (χ0) is 14.6. The van der Waals surface area contributed by atoms with Crippen LogP contribution in [0, 0.1) is 12.3 Å². The quantitative estimate of drug-likeness (QED) is 0.761. The molecule has 0 atom stereocenters. The lowest BCUT2D eigenvalue weighted by Gasteiger charge is -2.35. The zero-order valence-corrected chi connectivity index (χ0v) is 11.7. The van der Waals surface area contributed by atoms with Crippen LogP contribution >= 0.6 is 0 Å². The van der Waals surface area contributed by atoms with Gasteiger partial charge in [-0.05, 0) is 19.8 Å². The molecular formula is C14H21N3O3. The van der Waals surface area contributed by atoms with Crippen LogP contribution in [0.25, 0.3) is 0 Å². The average Bonchev–Trinajstić information content (AvgIpc) is 2.46. The van der Waals surface area contributed by atoms with Crippen molar-refractivity contribution in [2.75, 3.05) is 18.5 Å². The van der Waals surface area contributed by atoms with Crippen molar-refractivity contribution >= 4 is 11.9 Å². The van der Waals surface area contributed by atoms with E-state index < -0.39 is 5.97 Å². The van der Waals surface area contributed by atoms with Gasteiger partial charge in [0.1, 0.15) is 0 Å². The van der Waals surface area contributed by atoms with Crippen molar-refractivity contribution in [3.8, 4) is 0 Å². The molecule has 0 saturated heterocycles. The fraction of sp³-hybridized carbons (Fsp3) is 0.643. The molecule has 0 radical (unpaired) electrons. The van der Waals surface area contributed by atoms with E-state index in [4.69, 9.17) is 5.11 Å². The van der Waals surface area contributed by atoms with Gasteiger partial charge in [-0.25, -0.2) is 14.8 Å². The number of aromatic carboxylic acids is 1. The largest absolute Gasteiger partial charge is 0.478 e. The minimum absolute atomic E-state index is 0.0962. The molecule has 0 amide bonds. The lowest BCUT2D eigenvalue weighted by molar-refractivity contribution is 0.0695. The second kappa shape index (κ2) is 6.17. The molecule has 0 spiro atoms. The first kappa shape index (κ1) is 14.7. The molecule has 1 aliphatic rings. The summed E-state index contributed by atoms with van der Waals surface area (Å²) in [4.78, 5) is 19.1. The molecule has 1 aliphatic carbocycles. The van der Waals surface area contributed by atoms with Gasteiger partial charge < -0.3 is 15.5 Å². The second-order valence-corrected chi connectivity index (χ2v) is 5.57. The third-order valence-electron chi connectivity index (χ3n) is 4.08. The third-order valence-corrected chi connectivity index (χ3v) is 4.08. The Morgan fingerprint density at radius 3 is 2.65 bits per heavy atom. The van der Waals surface area contributed by atoms with Crippen molar-refractivity contribution in [2.45, 2.75) is 39.0 Å². The minimum Gasteiger partial charge on any atom is -0.478 e. The van der Waals surface area contributed by atoms with Crippen LogP contribution in [0.15, 0.2) is 6.20 Å². The summed E-state index contributed by atoms with van der Waals surface area (Å²) in [6, 6.07) is 0. The van der Waals surface area contributed by atoms with Crippen LogP contribution < -0.4 is 5.32 Å². The van der Waals surface area contributed by atoms with Crippen molar-refractivity contribution in [3.05, 3.63) is 17.5 Å². The van der Waals surface area contributed by atoms with Gasteiger partial charge in [-0.2, -0.15) is 0 Å². The Hall–Kier alpha value is -1.69. The Bertz CT molecular complexity index is 485. The van der Waals surface area contributed by atoms with E-state index in [2.05, 4.69) is 15.3 Å². The SMILES string of the molecule is Cc1nc(NCC2(CO)CCCCC2)ncc1C(=O)O. The first-order valence-corrected chi connectivity index (χ1v) is 6.98. The standard InChI is InChI=1S/C14H21N3O3/c1-10-11(12(19)20)7-15-13(17-10)16-8-14(9-18)5-3-2-4-6-14/h7,18H,2-6,8-9H2,1H3,(H,19,20)(H,15,16,17). The summed E-state index contributed by atoms with van der Waals surface area (Å²) in [5, 5.41) is 21.7. The number of hydrogen-bond acceptors (Lipinski definition) is 5. The van der Waals surface area contributed by atoms with E-state index in [-0.39, 0.29) is 17.6 Å². The summed E-state index contributed by atoms with van der Waals surface area (Å²) in [5.41, 5.74) is 0.461. The van der Waals surface area contributed by atoms with E-state index in [1.807, 2.05) is 0 Å². The lowest BCUT2D eigenvalue weighted by Crippen LogP contribution is -2.36. The monoisotopic (exact) mass is 279 g/mol. The van der Waals surface area contributed by atoms with Crippen molar-refractivity contribution in [2.24, 2.45) is 5.41 Å². The molecule has 1 aromatic heterocycles. The maximum atomic E-state index is 10.9. The Morgan fingerprint density at radius 1 is 1.40 bits per heavy atom. The van der Waals surface area contributed by atoms with Crippen LogP contribution in [-0.2, 0) is 0 Å². The number of hydrogen-bond donors (Lipinski definition) is 3. The van der Waals surface area contributed by atoms with E-state index in [1.165, 1.54) is 12.6 Å². The van der Waals surface area contributed by atoms with Gasteiger partial charge in [-0.15, -0.1) is 0 Å². The van der Waals surface area contributed by atoms with Gasteiger partial charge in [-0.3, -0.25) is 0 Å². The van der Waals surface area contributed by atoms with Crippen LogP contribution in [0.5, 0.6) is 0 Å². The molecule has 1 saturated carbocycles. The number of carbonyl (C=O) groups is 1. The molecule has 20 heavy (non-hydrogen) atoms. The summed E-state index contributed by atoms with van der Waals surface area (Å²) in [6.07, 6.45) is 6.83. The molecule has 2 rings (SSSR count). The zero-order valence-electron chi connectivity index (χ0n) is 11.7. The Kier molecular flexibility index (Phi) is 4.54. The molecule has 110 valence electrons. The first-order chi connectivity index (χ1) is 9.56. The van der Waals surface area contributed by atoms with Crippen LogP contribution in [0.2, 0.25) is 0 Å². The highest BCUT2D eigenvalue weighted by atomic mass is 16.4. The number of nitrogens with one attached hydrogen (secondary N) is 1. The van der Waals surface area contributed by atoms with Crippen LogP contribution in [0.3, 0.4) is 0 Å². The van der Waals surface area contributed by atoms with E-state index in [0.29, 0.717) is 18.2 Å². The highest BCUT2D eigenvalue weighted by Crippen LogP contribution is 2.35. The fourth-order valence-electron chi connectivity index (χ4n) is 2.72. The van der Waals surface area contributed by atoms with E-state index >= 15 is 0 Å². The predicted octanol–water partition coefficient (Wildman–Crippen LogP) is 1.84. The van der Waals surface area contributed by atoms with Gasteiger partial charge in [0.25, 0.3) is 0 Å². The van der Waals surface area contributed by atoms with Crippen LogP contribution in [0.1, 0.15) is 48.2 Å². The summed E-state index contributed by atoms with van der Waals surface area (Å²) in [7, 11) is 0. The van der Waals surface area contributed by atoms with Crippen molar-refractivity contribution in [3.63, 3.8) is 0 Å². The van der Waals surface area contributed by atoms with Gasteiger partial charge >= 0.3 is 5.97 Å². The molecule has 6 nitrogen and oxygen atoms in total. The summed E-state index contributed by atoms with van der Waals surface area (Å²) in [6.45, 7) is 2.43. The number of nitrogens with zero attached hydrogens (tertiary/aromatic N) is 2. The summed E-state index contributed by atoms with van der Waals surface area (Å²) < 4.78 is 0. The van der Waals surface area contributed by atoms with Gasteiger partial charge in [0, 0.05) is 18.2 Å².